The molecule has 3 heterocycles. The molecule has 81 heavy (non-hydrogen) atoms. The van der Waals surface area contributed by atoms with Crippen molar-refractivity contribution in [3.63, 3.8) is 0 Å². The summed E-state index contributed by atoms with van der Waals surface area (Å²) in [5, 5.41) is 128. The number of ether oxygens (including phenoxy) is 2. The first-order valence-electron chi connectivity index (χ1n) is 27.5. The zero-order valence-electron chi connectivity index (χ0n) is 44.5. The van der Waals surface area contributed by atoms with E-state index in [-0.39, 0.29) is 60.5 Å². The smallest absolute Gasteiger partial charge is 0.355 e. The lowest BCUT2D eigenvalue weighted by Gasteiger charge is -2.58. The van der Waals surface area contributed by atoms with Crippen molar-refractivity contribution in [2.45, 2.75) is 124 Å². The van der Waals surface area contributed by atoms with Crippen LogP contribution in [0.4, 0.5) is 5.69 Å². The predicted molar refractivity (Wildman–Crippen MR) is 295 cm³/mol. The Bertz CT molecular complexity index is 3190. The molecule has 2 aliphatic heterocycles. The number of aromatic nitrogens is 2. The molecule has 0 bridgehead atoms. The van der Waals surface area contributed by atoms with Gasteiger partial charge in [0.05, 0.1) is 31.3 Å². The number of nitrogens with zero attached hydrogens (tertiary/aromatic N) is 3. The van der Waals surface area contributed by atoms with Crippen LogP contribution in [0.3, 0.4) is 0 Å². The molecule has 2 fully saturated rings. The number of carbonyl (C=O) groups is 2. The minimum Gasteiger partial charge on any atom is -0.508 e. The summed E-state index contributed by atoms with van der Waals surface area (Å²) in [5.74, 6) is -9.87. The number of aliphatic carboxylic acids is 1. The van der Waals surface area contributed by atoms with Gasteiger partial charge < -0.3 is 81.7 Å². The highest BCUT2D eigenvalue weighted by molar-refractivity contribution is 6.13. The number of aromatic hydroxyl groups is 3. The fraction of sp³-hybridized carbons (Fsp3) is 0.433. The Morgan fingerprint density at radius 3 is 2.48 bits per heavy atom. The van der Waals surface area contributed by atoms with E-state index in [0.29, 0.717) is 79.6 Å². The van der Waals surface area contributed by atoms with Gasteiger partial charge in [-0.05, 0) is 122 Å². The number of nitrogens with one attached hydrogen (secondary N) is 2. The Hall–Kier alpha value is -7.34. The van der Waals surface area contributed by atoms with Crippen LogP contribution in [0.1, 0.15) is 96.4 Å². The zero-order chi connectivity index (χ0) is 57.4. The number of phenolic OH excluding ortho intramolecular Hbond substituents is 3. The van der Waals surface area contributed by atoms with Crippen molar-refractivity contribution in [3.05, 3.63) is 148 Å². The molecule has 1 amide bonds. The van der Waals surface area contributed by atoms with Crippen LogP contribution in [0.2, 0.25) is 0 Å². The van der Waals surface area contributed by atoms with Crippen molar-refractivity contribution in [2.75, 3.05) is 24.7 Å². The topological polar surface area (TPSA) is 357 Å². The number of H-pyrrole nitrogens is 1. The number of anilines is 1. The molecule has 4 aromatic carbocycles. The molecule has 15 N–H and O–H groups in total. The van der Waals surface area contributed by atoms with E-state index in [9.17, 15) is 61.0 Å². The lowest BCUT2D eigenvalue weighted by molar-refractivity contribution is -0.422. The molecule has 0 spiro atoms. The molecule has 21 nitrogen and oxygen atoms in total. The molecule has 10 rings (SSSR count). The van der Waals surface area contributed by atoms with Crippen LogP contribution in [0, 0.1) is 17.8 Å². The average molecular weight is 1120 g/mol. The highest BCUT2D eigenvalue weighted by Gasteiger charge is 2.71. The number of nitrogens with two attached hydrogens (primary N) is 1. The lowest BCUT2D eigenvalue weighted by Crippen LogP contribution is -2.67. The minimum atomic E-state index is -3.24. The second kappa shape index (κ2) is 23.3. The number of phenols is 3. The fourth-order valence-electron chi connectivity index (χ4n) is 13.9. The quantitative estimate of drug-likeness (QED) is 0.0141. The van der Waals surface area contributed by atoms with Crippen LogP contribution in [-0.2, 0) is 39.1 Å². The monoisotopic (exact) mass is 1110 g/mol. The number of aliphatic hydroxyl groups excluding tert-OH is 6. The van der Waals surface area contributed by atoms with E-state index in [2.05, 4.69) is 20.3 Å². The number of aryl methyl sites for hydroxylation is 1. The molecule has 0 unspecified atom stereocenters. The van der Waals surface area contributed by atoms with E-state index in [0.717, 1.165) is 28.5 Å². The summed E-state index contributed by atoms with van der Waals surface area (Å²) in [6.45, 7) is -0.517. The van der Waals surface area contributed by atoms with E-state index in [4.69, 9.17) is 15.2 Å². The summed E-state index contributed by atoms with van der Waals surface area (Å²) in [6, 6.07) is 21.9. The van der Waals surface area contributed by atoms with Crippen LogP contribution in [0.15, 0.2) is 114 Å². The van der Waals surface area contributed by atoms with E-state index >= 15 is 4.79 Å². The van der Waals surface area contributed by atoms with E-state index in [1.54, 1.807) is 36.5 Å². The SMILES string of the molecule is NC(=NCc1ccccc1)NCCC[C@H](O)CCC1=C[C@]2(C(=O)O)[C@@H](c3cc(O)c(O[C@]4(O)O[C@H](CO)[C@@H](O)[C@H](O)[C@H]4O)cc3N2C(=O)/C=C/c2ccc(O)c(Cc3cnc[nH]3)c2)[C@@H]1[C@@]12c3c(O)cccc3CC[C@H]1CCC[C@@H]2CO. The molecule has 0 radical (unpaired) electrons. The van der Waals surface area contributed by atoms with E-state index in [1.165, 1.54) is 30.6 Å². The summed E-state index contributed by atoms with van der Waals surface area (Å²) in [7, 11) is 0. The number of carboxylic acids is 1. The highest BCUT2D eigenvalue weighted by atomic mass is 16.8. The number of hydrogen-bond donors (Lipinski definition) is 14. The molecule has 430 valence electrons. The Balaban J connectivity index is 1.09. The predicted octanol–water partition coefficient (Wildman–Crippen LogP) is 3.46. The molecule has 3 aliphatic carbocycles. The number of aliphatic hydroxyl groups is 7. The van der Waals surface area contributed by atoms with Gasteiger partial charge in [-0.25, -0.2) is 14.8 Å². The Labute approximate surface area is 467 Å². The first kappa shape index (κ1) is 56.9. The maximum absolute atomic E-state index is 15.6. The Kier molecular flexibility index (Phi) is 16.3. The summed E-state index contributed by atoms with van der Waals surface area (Å²) in [6.07, 6.45) is 2.62. The Morgan fingerprint density at radius 1 is 0.938 bits per heavy atom. The van der Waals surface area contributed by atoms with Gasteiger partial charge in [-0.2, -0.15) is 0 Å². The number of benzene rings is 4. The maximum atomic E-state index is 15.6. The van der Waals surface area contributed by atoms with Gasteiger partial charge >= 0.3 is 11.9 Å². The zero-order valence-corrected chi connectivity index (χ0v) is 44.5. The summed E-state index contributed by atoms with van der Waals surface area (Å²) >= 11 is 0. The van der Waals surface area contributed by atoms with Crippen LogP contribution in [0.25, 0.3) is 6.08 Å². The van der Waals surface area contributed by atoms with E-state index < -0.39 is 95.2 Å². The van der Waals surface area contributed by atoms with Crippen molar-refractivity contribution >= 4 is 29.6 Å². The third kappa shape index (κ3) is 10.4. The van der Waals surface area contributed by atoms with Gasteiger partial charge in [0.1, 0.15) is 29.8 Å². The number of aliphatic imine (C=N–C) groups is 1. The van der Waals surface area contributed by atoms with Gasteiger partial charge in [-0.3, -0.25) is 9.69 Å². The van der Waals surface area contributed by atoms with Gasteiger partial charge in [-0.1, -0.05) is 60.5 Å². The molecular weight excluding hydrogens is 1040 g/mol. The summed E-state index contributed by atoms with van der Waals surface area (Å²) in [5.41, 5.74) is 7.17. The van der Waals surface area contributed by atoms with E-state index in [1.807, 2.05) is 36.4 Å². The third-order valence-corrected chi connectivity index (χ3v) is 17.4. The van der Waals surface area contributed by atoms with Crippen molar-refractivity contribution in [2.24, 2.45) is 28.5 Å². The molecule has 1 aromatic heterocycles. The molecule has 21 heteroatoms. The van der Waals surface area contributed by atoms with Gasteiger partial charge in [0.2, 0.25) is 0 Å². The molecule has 5 aliphatic rings. The number of guanidine groups is 1. The van der Waals surface area contributed by atoms with Crippen molar-refractivity contribution in [1.29, 1.82) is 0 Å². The number of amides is 1. The minimum absolute atomic E-state index is 0.0235. The standard InChI is InChI=1S/C60H70N6O15/c61-57(64-28-34-7-2-1-3-8-34)63-22-6-12-41(69)19-17-36-27-58(56(77)78)52(51(36)59-38(10-5-11-39(59)30-67)18-16-35-9-4-13-45(71)50(35)59)42-25-46(72)47(80-60(79)55(76)54(75)53(74)48(31-68)81-60)26-43(42)66(58)49(73)21-15-33-14-20-44(70)37(23-33)24-40-29-62-32-65-40/h1-4,7-9,13-15,20-21,23,25-27,29,32,38-39,41,48,51-55,67-72,74-76,79H,5-6,10-12,16-19,22,24,28,30-31H2,(H,62,65)(H,77,78)(H3,61,63,64)/b21-15+/t38-,39-,41+,48-,51-,52+,53-,54+,55-,58-,59+,60+/m1/s1. The fourth-order valence-corrected chi connectivity index (χ4v) is 13.9. The van der Waals surface area contributed by atoms with Gasteiger partial charge in [0.25, 0.3) is 5.91 Å². The van der Waals surface area contributed by atoms with Crippen LogP contribution in [0.5, 0.6) is 23.0 Å². The number of allylic oxidation sites excluding steroid dienone is 1. The molecule has 12 atom stereocenters. The van der Waals surface area contributed by atoms with Crippen LogP contribution < -0.4 is 20.7 Å². The molecule has 1 saturated carbocycles. The second-order valence-corrected chi connectivity index (χ2v) is 22.1. The molecule has 5 aromatic rings. The number of carbonyl (C=O) groups excluding carboxylic acids is 1. The highest BCUT2D eigenvalue weighted by Crippen LogP contribution is 2.70. The van der Waals surface area contributed by atoms with Crippen LogP contribution in [-0.4, -0.2) is 146 Å². The summed E-state index contributed by atoms with van der Waals surface area (Å²) in [4.78, 5) is 43.1. The Morgan fingerprint density at radius 2 is 1.74 bits per heavy atom. The number of aromatic amines is 1. The summed E-state index contributed by atoms with van der Waals surface area (Å²) < 4.78 is 11.2. The number of carboxylic acid groups (broad SMARTS) is 1. The van der Waals surface area contributed by atoms with Gasteiger partial charge in [0.15, 0.2) is 29.1 Å². The lowest BCUT2D eigenvalue weighted by atomic mass is 9.45. The average Bonchev–Trinajstić information content (AvgIpc) is 1.72. The molecular formula is C60H70N6O15. The first-order valence-corrected chi connectivity index (χ1v) is 27.5. The largest absolute Gasteiger partial charge is 0.508 e. The number of fused-ring (bicyclic) bond motifs is 6. The normalized spacial score (nSPS) is 29.1. The van der Waals surface area contributed by atoms with Gasteiger partial charge in [0, 0.05) is 72.0 Å². The van der Waals surface area contributed by atoms with Crippen molar-refractivity contribution in [3.8, 4) is 23.0 Å². The number of imidazole rings is 1. The van der Waals surface area contributed by atoms with Crippen LogP contribution >= 0.6 is 0 Å². The number of hydrogen-bond acceptors (Lipinski definition) is 16. The third-order valence-electron chi connectivity index (χ3n) is 17.4. The first-order chi connectivity index (χ1) is 38.9. The van der Waals surface area contributed by atoms with Crippen molar-refractivity contribution < 1.29 is 75.2 Å². The maximum Gasteiger partial charge on any atom is 0.355 e. The van der Waals surface area contributed by atoms with Gasteiger partial charge in [-0.15, -0.1) is 0 Å². The molecule has 1 saturated heterocycles. The number of rotatable bonds is 19. The van der Waals surface area contributed by atoms with Crippen molar-refractivity contribution in [1.82, 2.24) is 15.3 Å². The second-order valence-electron chi connectivity index (χ2n) is 22.1.